The zero-order valence-corrected chi connectivity index (χ0v) is 9.67. The third-order valence-electron chi connectivity index (χ3n) is 1.57. The number of carbonyl (C=O) groups is 1. The van der Waals surface area contributed by atoms with E-state index in [1.54, 1.807) is 12.3 Å². The van der Waals surface area contributed by atoms with Crippen molar-refractivity contribution in [2.45, 2.75) is 6.42 Å². The Balaban J connectivity index is 2.79. The Bertz CT molecular complexity index is 435. The number of ether oxygens (including phenoxy) is 1. The predicted molar refractivity (Wildman–Crippen MR) is 59.9 cm³/mol. The van der Waals surface area contributed by atoms with Crippen molar-refractivity contribution in [2.24, 2.45) is 0 Å². The number of pyridine rings is 1. The molecule has 4 nitrogen and oxygen atoms in total. The molecule has 2 N–H and O–H groups in total. The molecule has 0 unspecified atom stereocenters. The summed E-state index contributed by atoms with van der Waals surface area (Å²) in [5.41, 5.74) is 6.18. The van der Waals surface area contributed by atoms with Gasteiger partial charge in [-0.15, -0.1) is 0 Å². The van der Waals surface area contributed by atoms with Gasteiger partial charge in [-0.3, -0.25) is 4.79 Å². The van der Waals surface area contributed by atoms with Crippen LogP contribution in [0.15, 0.2) is 16.7 Å². The number of nitrogens with zero attached hydrogens (tertiary/aromatic N) is 1. The minimum atomic E-state index is -0.371. The van der Waals surface area contributed by atoms with Crippen LogP contribution in [0.1, 0.15) is 12.0 Å². The summed E-state index contributed by atoms with van der Waals surface area (Å²) in [6.07, 6.45) is 1.63. The fourth-order valence-electron chi connectivity index (χ4n) is 0.834. The van der Waals surface area contributed by atoms with E-state index in [4.69, 9.17) is 5.73 Å². The smallest absolute Gasteiger partial charge is 0.317 e. The lowest BCUT2D eigenvalue weighted by Gasteiger charge is -1.96. The summed E-state index contributed by atoms with van der Waals surface area (Å²) in [6, 6.07) is 1.74. The molecular weight excluding hydrogens is 260 g/mol. The number of halogens is 1. The van der Waals surface area contributed by atoms with Gasteiger partial charge < -0.3 is 10.5 Å². The number of methoxy groups -OCH3 is 1. The lowest BCUT2D eigenvalue weighted by molar-refractivity contribution is -0.139. The summed E-state index contributed by atoms with van der Waals surface area (Å²) in [4.78, 5) is 14.7. The molecule has 1 aromatic rings. The molecule has 0 saturated heterocycles. The van der Waals surface area contributed by atoms with Crippen LogP contribution >= 0.6 is 15.9 Å². The zero-order valence-electron chi connectivity index (χ0n) is 8.08. The number of anilines is 1. The van der Waals surface area contributed by atoms with E-state index in [9.17, 15) is 4.79 Å². The molecule has 0 fully saturated rings. The van der Waals surface area contributed by atoms with E-state index in [0.29, 0.717) is 11.4 Å². The van der Waals surface area contributed by atoms with Gasteiger partial charge in [0.25, 0.3) is 0 Å². The quantitative estimate of drug-likeness (QED) is 0.617. The first-order valence-electron chi connectivity index (χ1n) is 4.10. The van der Waals surface area contributed by atoms with Crippen molar-refractivity contribution in [3.05, 3.63) is 22.3 Å². The van der Waals surface area contributed by atoms with E-state index >= 15 is 0 Å². The van der Waals surface area contributed by atoms with E-state index in [0.717, 1.165) is 4.47 Å². The summed E-state index contributed by atoms with van der Waals surface area (Å²) in [7, 11) is 1.32. The maximum absolute atomic E-state index is 10.8. The van der Waals surface area contributed by atoms with Crippen molar-refractivity contribution in [3.8, 4) is 11.8 Å². The summed E-state index contributed by atoms with van der Waals surface area (Å²) >= 11 is 3.25. The highest BCUT2D eigenvalue weighted by molar-refractivity contribution is 9.10. The van der Waals surface area contributed by atoms with Crippen LogP contribution in [0.25, 0.3) is 0 Å². The van der Waals surface area contributed by atoms with E-state index < -0.39 is 0 Å². The molecule has 0 saturated carbocycles. The van der Waals surface area contributed by atoms with Gasteiger partial charge in [0.1, 0.15) is 12.2 Å². The largest absolute Gasteiger partial charge is 0.468 e. The average molecular weight is 269 g/mol. The molecule has 78 valence electrons. The van der Waals surface area contributed by atoms with Crippen LogP contribution in [0.3, 0.4) is 0 Å². The van der Waals surface area contributed by atoms with Crippen LogP contribution in [0.5, 0.6) is 0 Å². The van der Waals surface area contributed by atoms with Crippen molar-refractivity contribution in [1.82, 2.24) is 4.98 Å². The van der Waals surface area contributed by atoms with Crippen LogP contribution in [-0.4, -0.2) is 18.1 Å². The topological polar surface area (TPSA) is 65.2 Å². The number of carbonyl (C=O) groups excluding carboxylic acids is 1. The van der Waals surface area contributed by atoms with Gasteiger partial charge >= 0.3 is 5.97 Å². The molecule has 0 amide bonds. The summed E-state index contributed by atoms with van der Waals surface area (Å²) in [5, 5.41) is 0. The van der Waals surface area contributed by atoms with Gasteiger partial charge in [-0.1, -0.05) is 11.8 Å². The van der Waals surface area contributed by atoms with Crippen molar-refractivity contribution in [3.63, 3.8) is 0 Å². The van der Waals surface area contributed by atoms with Crippen molar-refractivity contribution < 1.29 is 9.53 Å². The number of rotatable bonds is 1. The van der Waals surface area contributed by atoms with Crippen LogP contribution in [0.2, 0.25) is 0 Å². The maximum atomic E-state index is 10.8. The lowest BCUT2D eigenvalue weighted by Crippen LogP contribution is -1.97. The maximum Gasteiger partial charge on any atom is 0.317 e. The van der Waals surface area contributed by atoms with Gasteiger partial charge in [-0.2, -0.15) is 0 Å². The molecule has 0 bridgehead atoms. The molecule has 15 heavy (non-hydrogen) atoms. The van der Waals surface area contributed by atoms with Crippen LogP contribution in [-0.2, 0) is 9.53 Å². The summed E-state index contributed by atoms with van der Waals surface area (Å²) in [6.45, 7) is 0. The first kappa shape index (κ1) is 11.5. The molecule has 0 aliphatic heterocycles. The third-order valence-corrected chi connectivity index (χ3v) is 2.00. The summed E-state index contributed by atoms with van der Waals surface area (Å²) < 4.78 is 5.24. The fraction of sp³-hybridized carbons (Fsp3) is 0.200. The molecule has 1 aromatic heterocycles. The number of hydrogen-bond donors (Lipinski definition) is 1. The highest BCUT2D eigenvalue weighted by Gasteiger charge is 1.98. The number of nitrogen functional groups attached to an aromatic ring is 1. The van der Waals surface area contributed by atoms with Crippen molar-refractivity contribution >= 4 is 27.7 Å². The van der Waals surface area contributed by atoms with Gasteiger partial charge in [-0.05, 0) is 22.0 Å². The Kier molecular flexibility index (Phi) is 4.13. The Hall–Kier alpha value is -1.54. The minimum absolute atomic E-state index is 0.0441. The van der Waals surface area contributed by atoms with Gasteiger partial charge in [-0.25, -0.2) is 4.98 Å². The Morgan fingerprint density at radius 3 is 3.13 bits per heavy atom. The van der Waals surface area contributed by atoms with Crippen molar-refractivity contribution in [2.75, 3.05) is 12.8 Å². The monoisotopic (exact) mass is 268 g/mol. The molecule has 0 aromatic carbocycles. The lowest BCUT2D eigenvalue weighted by atomic mass is 10.2. The van der Waals surface area contributed by atoms with E-state index in [1.165, 1.54) is 7.11 Å². The fourth-order valence-corrected chi connectivity index (χ4v) is 1.17. The van der Waals surface area contributed by atoms with Gasteiger partial charge in [0.2, 0.25) is 0 Å². The van der Waals surface area contributed by atoms with E-state index in [-0.39, 0.29) is 12.4 Å². The second-order valence-corrected chi connectivity index (χ2v) is 3.56. The van der Waals surface area contributed by atoms with Gasteiger partial charge in [0.15, 0.2) is 0 Å². The van der Waals surface area contributed by atoms with E-state index in [1.807, 2.05) is 0 Å². The van der Waals surface area contributed by atoms with Crippen LogP contribution in [0, 0.1) is 11.8 Å². The van der Waals surface area contributed by atoms with E-state index in [2.05, 4.69) is 37.5 Å². The normalized spacial score (nSPS) is 8.93. The van der Waals surface area contributed by atoms with Crippen LogP contribution < -0.4 is 5.73 Å². The molecule has 5 heteroatoms. The molecule has 0 aliphatic carbocycles. The van der Waals surface area contributed by atoms with Gasteiger partial charge in [0, 0.05) is 10.7 Å². The number of aromatic nitrogens is 1. The summed E-state index contributed by atoms with van der Waals surface area (Å²) in [5.74, 6) is 5.38. The number of hydrogen-bond acceptors (Lipinski definition) is 4. The molecule has 0 atom stereocenters. The predicted octanol–water partition coefficient (Wildman–Crippen LogP) is 1.34. The molecule has 0 radical (unpaired) electrons. The standard InChI is InChI=1S/C10H9BrN2O2/c1-15-9(14)4-2-3-7-5-8(11)6-13-10(7)12/h5-6H,4H2,1H3,(H2,12,13). The second-order valence-electron chi connectivity index (χ2n) is 2.64. The minimum Gasteiger partial charge on any atom is -0.468 e. The first-order valence-corrected chi connectivity index (χ1v) is 4.89. The molecule has 0 spiro atoms. The van der Waals surface area contributed by atoms with Crippen molar-refractivity contribution in [1.29, 1.82) is 0 Å². The number of esters is 1. The highest BCUT2D eigenvalue weighted by atomic mass is 79.9. The molecule has 1 heterocycles. The zero-order chi connectivity index (χ0) is 11.3. The number of nitrogens with two attached hydrogens (primary N) is 1. The Labute approximate surface area is 96.0 Å². The first-order chi connectivity index (χ1) is 7.13. The molecular formula is C10H9BrN2O2. The Morgan fingerprint density at radius 2 is 2.47 bits per heavy atom. The van der Waals surface area contributed by atoms with Crippen LogP contribution in [0.4, 0.5) is 5.82 Å². The van der Waals surface area contributed by atoms with Gasteiger partial charge in [0.05, 0.1) is 12.7 Å². The molecule has 1 rings (SSSR count). The Morgan fingerprint density at radius 1 is 1.73 bits per heavy atom. The average Bonchev–Trinajstić information content (AvgIpc) is 2.23. The molecule has 0 aliphatic rings. The second kappa shape index (κ2) is 5.37. The third kappa shape index (κ3) is 3.60. The highest BCUT2D eigenvalue weighted by Crippen LogP contribution is 2.14. The SMILES string of the molecule is COC(=O)CC#Cc1cc(Br)cnc1N.